The Morgan fingerprint density at radius 2 is 1.49 bits per heavy atom. The molecule has 2 amide bonds. The summed E-state index contributed by atoms with van der Waals surface area (Å²) in [6, 6.07) is 5.85. The molecule has 0 spiro atoms. The van der Waals surface area contributed by atoms with Crippen LogP contribution in [0.5, 0.6) is 5.75 Å². The minimum absolute atomic E-state index is 0.0545. The van der Waals surface area contributed by atoms with Crippen LogP contribution in [0, 0.1) is 0 Å². The van der Waals surface area contributed by atoms with Gasteiger partial charge < -0.3 is 19.1 Å². The molecule has 3 rings (SSSR count). The number of carbonyl (C=O) groups excluding carboxylic acids is 3. The summed E-state index contributed by atoms with van der Waals surface area (Å²) in [5.41, 5.74) is -3.80. The van der Waals surface area contributed by atoms with E-state index in [4.69, 9.17) is 14.2 Å². The summed E-state index contributed by atoms with van der Waals surface area (Å²) in [4.78, 5) is 41.0. The first-order chi connectivity index (χ1) is 20.5. The van der Waals surface area contributed by atoms with Crippen molar-refractivity contribution in [1.82, 2.24) is 4.90 Å². The lowest BCUT2D eigenvalue weighted by Crippen LogP contribution is -2.45. The second-order valence-electron chi connectivity index (χ2n) is 12.5. The SMILES string of the molecule is CC(C)(C)OC(=O)CCN(CC(=O)N1CCc2cc(OCc3ccc(C(F)(F)F)cc3C(F)(F)F)ccc21)C(=O)OC(C)(C)C. The van der Waals surface area contributed by atoms with Gasteiger partial charge in [0.1, 0.15) is 30.1 Å². The molecule has 0 N–H and O–H groups in total. The van der Waals surface area contributed by atoms with E-state index in [9.17, 15) is 40.7 Å². The number of benzene rings is 2. The Kier molecular flexibility index (Phi) is 10.4. The van der Waals surface area contributed by atoms with Crippen molar-refractivity contribution in [3.05, 3.63) is 58.7 Å². The summed E-state index contributed by atoms with van der Waals surface area (Å²) in [5, 5.41) is 0. The predicted molar refractivity (Wildman–Crippen MR) is 152 cm³/mol. The molecule has 0 atom stereocenters. The molecule has 2 aromatic rings. The van der Waals surface area contributed by atoms with E-state index in [0.717, 1.165) is 11.0 Å². The Morgan fingerprint density at radius 1 is 0.844 bits per heavy atom. The van der Waals surface area contributed by atoms with Crippen LogP contribution in [0.1, 0.15) is 70.2 Å². The van der Waals surface area contributed by atoms with Crippen molar-refractivity contribution in [1.29, 1.82) is 0 Å². The van der Waals surface area contributed by atoms with Crippen LogP contribution in [0.4, 0.5) is 36.8 Å². The van der Waals surface area contributed by atoms with Crippen molar-refractivity contribution in [3.8, 4) is 5.75 Å². The molecule has 45 heavy (non-hydrogen) atoms. The summed E-state index contributed by atoms with van der Waals surface area (Å²) < 4.78 is 95.7. The molecule has 0 aromatic heterocycles. The van der Waals surface area contributed by atoms with Gasteiger partial charge in [-0.3, -0.25) is 14.5 Å². The van der Waals surface area contributed by atoms with Crippen LogP contribution < -0.4 is 9.64 Å². The van der Waals surface area contributed by atoms with Gasteiger partial charge in [0.15, 0.2) is 0 Å². The molecule has 2 aromatic carbocycles. The van der Waals surface area contributed by atoms with E-state index < -0.39 is 71.4 Å². The molecule has 0 fully saturated rings. The highest BCUT2D eigenvalue weighted by Crippen LogP contribution is 2.38. The van der Waals surface area contributed by atoms with E-state index in [0.29, 0.717) is 23.7 Å². The summed E-state index contributed by atoms with van der Waals surface area (Å²) >= 11 is 0. The maximum atomic E-state index is 13.5. The van der Waals surface area contributed by atoms with Gasteiger partial charge in [0, 0.05) is 24.3 Å². The van der Waals surface area contributed by atoms with Crippen molar-refractivity contribution in [2.45, 2.75) is 84.5 Å². The van der Waals surface area contributed by atoms with Crippen molar-refractivity contribution < 1.29 is 54.9 Å². The molecule has 8 nitrogen and oxygen atoms in total. The topological polar surface area (TPSA) is 85.4 Å². The molecule has 248 valence electrons. The minimum Gasteiger partial charge on any atom is -0.489 e. The fourth-order valence-corrected chi connectivity index (χ4v) is 4.46. The van der Waals surface area contributed by atoms with Crippen LogP contribution in [0.25, 0.3) is 0 Å². The van der Waals surface area contributed by atoms with Gasteiger partial charge in [-0.1, -0.05) is 6.07 Å². The van der Waals surface area contributed by atoms with E-state index in [1.165, 1.54) is 23.1 Å². The number of esters is 1. The van der Waals surface area contributed by atoms with E-state index in [1.807, 2.05) is 0 Å². The van der Waals surface area contributed by atoms with Crippen LogP contribution >= 0.6 is 0 Å². The molecule has 1 aliphatic rings. The van der Waals surface area contributed by atoms with Crippen LogP contribution in [0.15, 0.2) is 36.4 Å². The number of anilines is 1. The van der Waals surface area contributed by atoms with E-state index in [2.05, 4.69) is 0 Å². The number of hydrogen-bond acceptors (Lipinski definition) is 6. The van der Waals surface area contributed by atoms with Gasteiger partial charge in [-0.25, -0.2) is 4.79 Å². The Bertz CT molecular complexity index is 1410. The number of carbonyl (C=O) groups is 3. The van der Waals surface area contributed by atoms with Crippen LogP contribution in [-0.2, 0) is 44.4 Å². The standard InChI is InChI=1S/C31H36F6N2O6/c1-28(2,3)44-26(41)12-13-38(27(42)45-29(4,5)6)17-25(40)39-14-11-19-15-22(9-10-24(19)39)43-18-20-7-8-21(30(32,33)34)16-23(20)31(35,36)37/h7-10,15-16H,11-14,17-18H2,1-6H3. The summed E-state index contributed by atoms with van der Waals surface area (Å²) in [6.45, 7) is 9.17. The van der Waals surface area contributed by atoms with Crippen molar-refractivity contribution in [3.63, 3.8) is 0 Å². The number of ether oxygens (including phenoxy) is 3. The lowest BCUT2D eigenvalue weighted by atomic mass is 10.0. The van der Waals surface area contributed by atoms with E-state index >= 15 is 0 Å². The number of nitrogens with zero attached hydrogens (tertiary/aromatic N) is 2. The van der Waals surface area contributed by atoms with Crippen LogP contribution in [0.3, 0.4) is 0 Å². The third kappa shape index (κ3) is 10.3. The molecule has 14 heteroatoms. The number of hydrogen-bond donors (Lipinski definition) is 0. The highest BCUT2D eigenvalue weighted by Gasteiger charge is 2.38. The Balaban J connectivity index is 1.73. The molecule has 0 saturated heterocycles. The maximum Gasteiger partial charge on any atom is 0.416 e. The number of halogens is 6. The third-order valence-electron chi connectivity index (χ3n) is 6.37. The quantitative estimate of drug-likeness (QED) is 0.224. The summed E-state index contributed by atoms with van der Waals surface area (Å²) in [6.07, 6.45) is -10.6. The first kappa shape index (κ1) is 35.5. The molecule has 0 radical (unpaired) electrons. The van der Waals surface area contributed by atoms with Crippen molar-refractivity contribution in [2.75, 3.05) is 24.5 Å². The fourth-order valence-electron chi connectivity index (χ4n) is 4.46. The smallest absolute Gasteiger partial charge is 0.416 e. The van der Waals surface area contributed by atoms with Gasteiger partial charge in [-0.15, -0.1) is 0 Å². The zero-order valence-corrected chi connectivity index (χ0v) is 25.8. The van der Waals surface area contributed by atoms with Gasteiger partial charge in [0.25, 0.3) is 0 Å². The fraction of sp³-hybridized carbons (Fsp3) is 0.516. The first-order valence-corrected chi connectivity index (χ1v) is 14.1. The van der Waals surface area contributed by atoms with E-state index in [1.54, 1.807) is 41.5 Å². The van der Waals surface area contributed by atoms with Crippen molar-refractivity contribution >= 4 is 23.7 Å². The normalized spacial score (nSPS) is 13.7. The van der Waals surface area contributed by atoms with Crippen LogP contribution in [-0.4, -0.2) is 53.7 Å². The molecule has 0 bridgehead atoms. The second-order valence-corrected chi connectivity index (χ2v) is 12.5. The lowest BCUT2D eigenvalue weighted by Gasteiger charge is -2.29. The minimum atomic E-state index is -5.03. The Morgan fingerprint density at radius 3 is 2.07 bits per heavy atom. The lowest BCUT2D eigenvalue weighted by molar-refractivity contribution is -0.155. The molecule has 1 aliphatic heterocycles. The van der Waals surface area contributed by atoms with Gasteiger partial charge in [0.2, 0.25) is 5.91 Å². The third-order valence-corrected chi connectivity index (χ3v) is 6.37. The average molecular weight is 647 g/mol. The van der Waals surface area contributed by atoms with Gasteiger partial charge in [0.05, 0.1) is 17.5 Å². The number of rotatable bonds is 8. The van der Waals surface area contributed by atoms with Gasteiger partial charge >= 0.3 is 24.4 Å². The molecule has 0 unspecified atom stereocenters. The molecular formula is C31H36F6N2O6. The Hall–Kier alpha value is -3.97. The van der Waals surface area contributed by atoms with Crippen molar-refractivity contribution in [2.24, 2.45) is 0 Å². The monoisotopic (exact) mass is 646 g/mol. The summed E-state index contributed by atoms with van der Waals surface area (Å²) in [7, 11) is 0. The predicted octanol–water partition coefficient (Wildman–Crippen LogP) is 7.16. The van der Waals surface area contributed by atoms with Gasteiger partial charge in [-0.2, -0.15) is 26.3 Å². The number of fused-ring (bicyclic) bond motifs is 1. The van der Waals surface area contributed by atoms with E-state index in [-0.39, 0.29) is 31.3 Å². The average Bonchev–Trinajstić information content (AvgIpc) is 3.30. The molecule has 1 heterocycles. The maximum absolute atomic E-state index is 13.5. The van der Waals surface area contributed by atoms with Gasteiger partial charge in [-0.05, 0) is 83.9 Å². The largest absolute Gasteiger partial charge is 0.489 e. The summed E-state index contributed by atoms with van der Waals surface area (Å²) in [5.74, 6) is -0.859. The molecular weight excluding hydrogens is 610 g/mol. The first-order valence-electron chi connectivity index (χ1n) is 14.1. The van der Waals surface area contributed by atoms with Crippen LogP contribution in [0.2, 0.25) is 0 Å². The highest BCUT2D eigenvalue weighted by atomic mass is 19.4. The molecule has 0 saturated carbocycles. The zero-order chi connectivity index (χ0) is 34.0. The second kappa shape index (κ2) is 13.2. The highest BCUT2D eigenvalue weighted by molar-refractivity contribution is 5.98. The number of amides is 2. The zero-order valence-electron chi connectivity index (χ0n) is 25.8. The number of alkyl halides is 6. The molecule has 0 aliphatic carbocycles. The Labute approximate surface area is 257 Å².